The monoisotopic (exact) mass is 316 g/mol. The summed E-state index contributed by atoms with van der Waals surface area (Å²) in [5.41, 5.74) is 1.02. The maximum absolute atomic E-state index is 6.04. The Morgan fingerprint density at radius 1 is 1.32 bits per heavy atom. The van der Waals surface area contributed by atoms with Gasteiger partial charge in [-0.1, -0.05) is 6.07 Å². The van der Waals surface area contributed by atoms with E-state index in [9.17, 15) is 0 Å². The summed E-state index contributed by atoms with van der Waals surface area (Å²) in [5, 5.41) is 0. The second-order valence-corrected chi connectivity index (χ2v) is 7.66. The van der Waals surface area contributed by atoms with Crippen LogP contribution in [0.3, 0.4) is 0 Å². The molecule has 22 heavy (non-hydrogen) atoms. The summed E-state index contributed by atoms with van der Waals surface area (Å²) < 4.78 is 11.9. The van der Waals surface area contributed by atoms with Gasteiger partial charge in [0.1, 0.15) is 5.76 Å². The summed E-state index contributed by atoms with van der Waals surface area (Å²) in [7, 11) is 0. The van der Waals surface area contributed by atoms with Gasteiger partial charge in [-0.15, -0.1) is 11.8 Å². The minimum atomic E-state index is 0.359. The van der Waals surface area contributed by atoms with Gasteiger partial charge in [0.05, 0.1) is 31.2 Å². The fourth-order valence-corrected chi connectivity index (χ4v) is 4.93. The highest BCUT2D eigenvalue weighted by Crippen LogP contribution is 2.46. The third-order valence-corrected chi connectivity index (χ3v) is 5.93. The lowest BCUT2D eigenvalue weighted by molar-refractivity contribution is 0.0237. The average molecular weight is 316 g/mol. The summed E-state index contributed by atoms with van der Waals surface area (Å²) in [6, 6.07) is 9.97. The van der Waals surface area contributed by atoms with Crippen molar-refractivity contribution in [2.24, 2.45) is 0 Å². The number of furan rings is 1. The Labute approximate surface area is 134 Å². The Bertz CT molecular complexity index is 596. The Morgan fingerprint density at radius 3 is 3.05 bits per heavy atom. The molecule has 2 fully saturated rings. The third kappa shape index (κ3) is 3.07. The highest BCUT2D eigenvalue weighted by Gasteiger charge is 2.49. The van der Waals surface area contributed by atoms with Crippen LogP contribution in [0.1, 0.15) is 17.9 Å². The van der Waals surface area contributed by atoms with Crippen LogP contribution in [0.2, 0.25) is 0 Å². The van der Waals surface area contributed by atoms with Crippen LogP contribution in [0.25, 0.3) is 0 Å². The molecular formula is C17H20N2O2S. The highest BCUT2D eigenvalue weighted by molar-refractivity contribution is 8.01. The summed E-state index contributed by atoms with van der Waals surface area (Å²) >= 11 is 2.07. The first-order valence-corrected chi connectivity index (χ1v) is 8.70. The maximum atomic E-state index is 6.04. The van der Waals surface area contributed by atoms with Crippen LogP contribution < -0.4 is 0 Å². The van der Waals surface area contributed by atoms with Gasteiger partial charge in [0.15, 0.2) is 0 Å². The number of nitrogens with zero attached hydrogens (tertiary/aromatic N) is 2. The Hall–Kier alpha value is -1.30. The number of rotatable bonds is 5. The van der Waals surface area contributed by atoms with Crippen molar-refractivity contribution in [3.8, 4) is 0 Å². The zero-order valence-corrected chi connectivity index (χ0v) is 13.3. The fourth-order valence-electron chi connectivity index (χ4n) is 3.32. The standard InChI is InChI=1S/C17H20N2O2S/c1-2-6-18-14(4-1)10-21-16-8-17(22-11-16)12-19(13-17)9-15-5-3-7-20-15/h1-7,16H,8-13H2/t16-/m1/s1. The predicted octanol–water partition coefficient (Wildman–Crippen LogP) is 2.95. The molecule has 0 N–H and O–H groups in total. The smallest absolute Gasteiger partial charge is 0.117 e. The van der Waals surface area contributed by atoms with Crippen molar-refractivity contribution in [2.75, 3.05) is 18.8 Å². The predicted molar refractivity (Wildman–Crippen MR) is 86.6 cm³/mol. The topological polar surface area (TPSA) is 38.5 Å². The first-order chi connectivity index (χ1) is 10.8. The molecule has 0 aliphatic carbocycles. The van der Waals surface area contributed by atoms with E-state index in [0.717, 1.165) is 43.3 Å². The summed E-state index contributed by atoms with van der Waals surface area (Å²) in [6.07, 6.45) is 5.08. The number of pyridine rings is 1. The molecule has 116 valence electrons. The van der Waals surface area contributed by atoms with Gasteiger partial charge in [0, 0.05) is 29.8 Å². The number of ether oxygens (including phenoxy) is 1. The van der Waals surface area contributed by atoms with Crippen LogP contribution >= 0.6 is 11.8 Å². The van der Waals surface area contributed by atoms with Crippen LogP contribution in [0.5, 0.6) is 0 Å². The van der Waals surface area contributed by atoms with Gasteiger partial charge in [0.2, 0.25) is 0 Å². The molecule has 0 amide bonds. The van der Waals surface area contributed by atoms with Gasteiger partial charge in [-0.2, -0.15) is 0 Å². The first-order valence-electron chi connectivity index (χ1n) is 7.72. The van der Waals surface area contributed by atoms with E-state index in [1.54, 1.807) is 6.26 Å². The van der Waals surface area contributed by atoms with E-state index in [2.05, 4.69) is 21.6 Å². The minimum absolute atomic E-state index is 0.359. The van der Waals surface area contributed by atoms with Crippen molar-refractivity contribution in [2.45, 2.75) is 30.4 Å². The largest absolute Gasteiger partial charge is 0.468 e. The lowest BCUT2D eigenvalue weighted by Crippen LogP contribution is -2.58. The molecule has 0 radical (unpaired) electrons. The number of hydrogen-bond donors (Lipinski definition) is 0. The van der Waals surface area contributed by atoms with Crippen molar-refractivity contribution in [1.29, 1.82) is 0 Å². The van der Waals surface area contributed by atoms with E-state index in [-0.39, 0.29) is 0 Å². The highest BCUT2D eigenvalue weighted by atomic mass is 32.2. The van der Waals surface area contributed by atoms with Gasteiger partial charge < -0.3 is 9.15 Å². The summed E-state index contributed by atoms with van der Waals surface area (Å²) in [4.78, 5) is 6.76. The second-order valence-electron chi connectivity index (χ2n) is 6.18. The van der Waals surface area contributed by atoms with Gasteiger partial charge in [-0.05, 0) is 30.7 Å². The van der Waals surface area contributed by atoms with Crippen molar-refractivity contribution < 1.29 is 9.15 Å². The Morgan fingerprint density at radius 2 is 2.27 bits per heavy atom. The number of thioether (sulfide) groups is 1. The first kappa shape index (κ1) is 14.3. The number of likely N-dealkylation sites (tertiary alicyclic amines) is 1. The van der Waals surface area contributed by atoms with Crippen LogP contribution in [0, 0.1) is 0 Å². The molecule has 0 bridgehead atoms. The van der Waals surface area contributed by atoms with Crippen LogP contribution in [0.15, 0.2) is 47.2 Å². The van der Waals surface area contributed by atoms with E-state index < -0.39 is 0 Å². The SMILES string of the molecule is c1ccc(CO[C@H]2CSC3(C2)CN(Cc2ccco2)C3)nc1. The molecule has 2 aliphatic rings. The minimum Gasteiger partial charge on any atom is -0.468 e. The van der Waals surface area contributed by atoms with Crippen LogP contribution in [0.4, 0.5) is 0 Å². The molecule has 4 nitrogen and oxygen atoms in total. The zero-order chi connectivity index (χ0) is 14.8. The van der Waals surface area contributed by atoms with Gasteiger partial charge in [-0.25, -0.2) is 0 Å². The summed E-state index contributed by atoms with van der Waals surface area (Å²) in [6.45, 7) is 3.83. The number of aromatic nitrogens is 1. The second kappa shape index (κ2) is 6.07. The molecule has 2 saturated heterocycles. The molecule has 0 saturated carbocycles. The molecule has 0 aromatic carbocycles. The van der Waals surface area contributed by atoms with Crippen LogP contribution in [-0.4, -0.2) is 39.6 Å². The van der Waals surface area contributed by atoms with Crippen LogP contribution in [-0.2, 0) is 17.9 Å². The summed E-state index contributed by atoms with van der Waals surface area (Å²) in [5.74, 6) is 2.15. The normalized spacial score (nSPS) is 23.7. The Kier molecular flexibility index (Phi) is 3.94. The molecule has 1 spiro atoms. The van der Waals surface area contributed by atoms with Crippen molar-refractivity contribution in [1.82, 2.24) is 9.88 Å². The van der Waals surface area contributed by atoms with Gasteiger partial charge >= 0.3 is 0 Å². The van der Waals surface area contributed by atoms with E-state index in [1.807, 2.05) is 36.5 Å². The van der Waals surface area contributed by atoms with Crippen molar-refractivity contribution in [3.05, 3.63) is 54.2 Å². The molecule has 0 unspecified atom stereocenters. The van der Waals surface area contributed by atoms with Crippen molar-refractivity contribution >= 4 is 11.8 Å². The fraction of sp³-hybridized carbons (Fsp3) is 0.471. The molecule has 2 aromatic heterocycles. The Balaban J connectivity index is 1.23. The lowest BCUT2D eigenvalue weighted by atomic mass is 9.93. The van der Waals surface area contributed by atoms with E-state index >= 15 is 0 Å². The maximum Gasteiger partial charge on any atom is 0.117 e. The van der Waals surface area contributed by atoms with Crippen molar-refractivity contribution in [3.63, 3.8) is 0 Å². The zero-order valence-electron chi connectivity index (χ0n) is 12.5. The number of hydrogen-bond acceptors (Lipinski definition) is 5. The average Bonchev–Trinajstić information content (AvgIpc) is 3.16. The quantitative estimate of drug-likeness (QED) is 0.848. The van der Waals surface area contributed by atoms with E-state index in [0.29, 0.717) is 17.5 Å². The molecule has 1 atom stereocenters. The third-order valence-electron chi connectivity index (χ3n) is 4.35. The van der Waals surface area contributed by atoms with Gasteiger partial charge in [0.25, 0.3) is 0 Å². The molecule has 2 aromatic rings. The van der Waals surface area contributed by atoms with Gasteiger partial charge in [-0.3, -0.25) is 9.88 Å². The molecular weight excluding hydrogens is 296 g/mol. The lowest BCUT2D eigenvalue weighted by Gasteiger charge is -2.47. The van der Waals surface area contributed by atoms with E-state index in [1.165, 1.54) is 0 Å². The molecule has 5 heteroatoms. The molecule has 2 aliphatic heterocycles. The molecule has 4 heterocycles. The molecule has 4 rings (SSSR count). The van der Waals surface area contributed by atoms with E-state index in [4.69, 9.17) is 9.15 Å².